The third kappa shape index (κ3) is 4.16. The summed E-state index contributed by atoms with van der Waals surface area (Å²) in [6, 6.07) is 9.94. The number of rotatable bonds is 7. The fourth-order valence-corrected chi connectivity index (χ4v) is 2.22. The molecule has 0 radical (unpaired) electrons. The van der Waals surface area contributed by atoms with E-state index in [0.717, 1.165) is 41.9 Å². The van der Waals surface area contributed by atoms with E-state index in [1.54, 1.807) is 7.11 Å². The second-order valence-electron chi connectivity index (χ2n) is 6.11. The number of fused-ring (bicyclic) bond motifs is 1. The Kier molecular flexibility index (Phi) is 5.15. The molecular weight excluding hydrogens is 264 g/mol. The van der Waals surface area contributed by atoms with Crippen molar-refractivity contribution in [3.05, 3.63) is 35.9 Å². The van der Waals surface area contributed by atoms with Gasteiger partial charge in [-0.3, -0.25) is 0 Å². The van der Waals surface area contributed by atoms with Crippen LogP contribution in [0.15, 0.2) is 30.3 Å². The van der Waals surface area contributed by atoms with E-state index in [9.17, 15) is 5.11 Å². The van der Waals surface area contributed by atoms with E-state index in [1.165, 1.54) is 0 Å². The molecule has 2 rings (SSSR count). The number of hydrogen-bond acceptors (Lipinski definition) is 4. The molecule has 1 heterocycles. The van der Waals surface area contributed by atoms with Crippen LogP contribution in [0.25, 0.3) is 10.9 Å². The molecule has 0 aliphatic heterocycles. The van der Waals surface area contributed by atoms with Gasteiger partial charge in [-0.15, -0.1) is 0 Å². The van der Waals surface area contributed by atoms with Crippen LogP contribution in [-0.2, 0) is 11.3 Å². The van der Waals surface area contributed by atoms with Gasteiger partial charge in [-0.25, -0.2) is 4.98 Å². The van der Waals surface area contributed by atoms with Crippen molar-refractivity contribution >= 4 is 16.7 Å². The molecule has 2 N–H and O–H groups in total. The van der Waals surface area contributed by atoms with Crippen LogP contribution in [0.5, 0.6) is 0 Å². The summed E-state index contributed by atoms with van der Waals surface area (Å²) >= 11 is 0. The molecule has 4 nitrogen and oxygen atoms in total. The molecule has 0 spiro atoms. The average molecular weight is 288 g/mol. The van der Waals surface area contributed by atoms with Crippen LogP contribution in [0, 0.1) is 5.41 Å². The van der Waals surface area contributed by atoms with Gasteiger partial charge in [0.25, 0.3) is 0 Å². The average Bonchev–Trinajstić information content (AvgIpc) is 2.50. The number of para-hydroxylation sites is 1. The van der Waals surface area contributed by atoms with Crippen LogP contribution >= 0.6 is 0 Å². The van der Waals surface area contributed by atoms with Crippen LogP contribution in [0.1, 0.15) is 25.8 Å². The highest BCUT2D eigenvalue weighted by molar-refractivity contribution is 5.81. The molecule has 0 saturated carbocycles. The second kappa shape index (κ2) is 6.87. The van der Waals surface area contributed by atoms with Crippen LogP contribution in [0.2, 0.25) is 0 Å². The number of methoxy groups -OCH3 is 1. The normalized spacial score (nSPS) is 11.8. The summed E-state index contributed by atoms with van der Waals surface area (Å²) in [6.45, 7) is 5.90. The van der Waals surface area contributed by atoms with Crippen LogP contribution < -0.4 is 5.32 Å². The maximum atomic E-state index is 9.55. The Balaban J connectivity index is 2.17. The highest BCUT2D eigenvalue weighted by atomic mass is 16.5. The van der Waals surface area contributed by atoms with Crippen LogP contribution in [0.3, 0.4) is 0 Å². The van der Waals surface area contributed by atoms with E-state index in [-0.39, 0.29) is 12.0 Å². The minimum absolute atomic E-state index is 0.0152. The number of nitrogens with one attached hydrogen (secondary N) is 1. The molecule has 0 fully saturated rings. The lowest BCUT2D eigenvalue weighted by Gasteiger charge is -2.25. The number of aromatic nitrogens is 1. The first kappa shape index (κ1) is 15.7. The Bertz CT molecular complexity index is 596. The molecule has 1 aromatic carbocycles. The van der Waals surface area contributed by atoms with E-state index >= 15 is 0 Å². The molecular formula is C17H24N2O2. The second-order valence-corrected chi connectivity index (χ2v) is 6.11. The SMILES string of the molecule is COCCC(C)(C)CNc1nc2ccccc2cc1CO. The van der Waals surface area contributed by atoms with E-state index in [2.05, 4.69) is 24.1 Å². The number of aliphatic hydroxyl groups is 1. The molecule has 21 heavy (non-hydrogen) atoms. The predicted octanol–water partition coefficient (Wildman–Crippen LogP) is 3.20. The molecule has 0 aliphatic carbocycles. The number of hydrogen-bond donors (Lipinski definition) is 2. The van der Waals surface area contributed by atoms with Crippen molar-refractivity contribution in [1.29, 1.82) is 0 Å². The van der Waals surface area contributed by atoms with E-state index in [0.29, 0.717) is 0 Å². The summed E-state index contributed by atoms with van der Waals surface area (Å²) < 4.78 is 5.15. The molecule has 4 heteroatoms. The number of pyridine rings is 1. The zero-order valence-electron chi connectivity index (χ0n) is 13.0. The van der Waals surface area contributed by atoms with Crippen molar-refractivity contribution < 1.29 is 9.84 Å². The molecule has 0 atom stereocenters. The third-order valence-electron chi connectivity index (χ3n) is 3.69. The van der Waals surface area contributed by atoms with Gasteiger partial charge in [-0.05, 0) is 24.0 Å². The molecule has 0 aliphatic rings. The third-order valence-corrected chi connectivity index (χ3v) is 3.69. The Morgan fingerprint density at radius 1 is 1.29 bits per heavy atom. The Labute approximate surface area is 126 Å². The minimum Gasteiger partial charge on any atom is -0.392 e. The number of nitrogens with zero attached hydrogens (tertiary/aromatic N) is 1. The quantitative estimate of drug-likeness (QED) is 0.821. The summed E-state index contributed by atoms with van der Waals surface area (Å²) in [5.41, 5.74) is 1.87. The van der Waals surface area contributed by atoms with Gasteiger partial charge in [0, 0.05) is 31.2 Å². The number of benzene rings is 1. The van der Waals surface area contributed by atoms with Gasteiger partial charge in [0.05, 0.1) is 12.1 Å². The lowest BCUT2D eigenvalue weighted by atomic mass is 9.89. The zero-order valence-corrected chi connectivity index (χ0v) is 13.0. The first-order valence-corrected chi connectivity index (χ1v) is 7.28. The van der Waals surface area contributed by atoms with Gasteiger partial charge in [0.15, 0.2) is 0 Å². The number of anilines is 1. The summed E-state index contributed by atoms with van der Waals surface area (Å²) in [6.07, 6.45) is 0.971. The molecule has 2 aromatic rings. The summed E-state index contributed by atoms with van der Waals surface area (Å²) in [5.74, 6) is 0.765. The lowest BCUT2D eigenvalue weighted by molar-refractivity contribution is 0.157. The van der Waals surface area contributed by atoms with Crippen LogP contribution in [0.4, 0.5) is 5.82 Å². The molecule has 0 unspecified atom stereocenters. The molecule has 0 amide bonds. The van der Waals surface area contributed by atoms with Gasteiger partial charge in [-0.1, -0.05) is 32.0 Å². The van der Waals surface area contributed by atoms with E-state index < -0.39 is 0 Å². The van der Waals surface area contributed by atoms with Crippen molar-refractivity contribution in [3.8, 4) is 0 Å². The summed E-state index contributed by atoms with van der Waals surface area (Å²) in [5, 5.41) is 14.0. The van der Waals surface area contributed by atoms with Crippen molar-refractivity contribution in [2.24, 2.45) is 5.41 Å². The van der Waals surface area contributed by atoms with Gasteiger partial charge >= 0.3 is 0 Å². The Morgan fingerprint density at radius 2 is 2.05 bits per heavy atom. The lowest BCUT2D eigenvalue weighted by Crippen LogP contribution is -2.25. The number of aliphatic hydroxyl groups excluding tert-OH is 1. The monoisotopic (exact) mass is 288 g/mol. The summed E-state index contributed by atoms with van der Waals surface area (Å²) in [7, 11) is 1.72. The van der Waals surface area contributed by atoms with Crippen molar-refractivity contribution in [2.75, 3.05) is 25.6 Å². The molecule has 1 aromatic heterocycles. The minimum atomic E-state index is -0.0152. The van der Waals surface area contributed by atoms with Gasteiger partial charge in [-0.2, -0.15) is 0 Å². The van der Waals surface area contributed by atoms with Crippen molar-refractivity contribution in [1.82, 2.24) is 4.98 Å². The standard InChI is InChI=1S/C17H24N2O2/c1-17(2,8-9-21-3)12-18-16-14(11-20)10-13-6-4-5-7-15(13)19-16/h4-7,10,20H,8-9,11-12H2,1-3H3,(H,18,19). The van der Waals surface area contributed by atoms with Gasteiger partial charge in [0.1, 0.15) is 5.82 Å². The van der Waals surface area contributed by atoms with Crippen LogP contribution in [-0.4, -0.2) is 30.4 Å². The predicted molar refractivity (Wildman–Crippen MR) is 86.4 cm³/mol. The number of ether oxygens (including phenoxy) is 1. The van der Waals surface area contributed by atoms with E-state index in [1.807, 2.05) is 30.3 Å². The molecule has 0 bridgehead atoms. The van der Waals surface area contributed by atoms with Gasteiger partial charge < -0.3 is 15.2 Å². The van der Waals surface area contributed by atoms with Crippen molar-refractivity contribution in [2.45, 2.75) is 26.9 Å². The summed E-state index contributed by atoms with van der Waals surface area (Å²) in [4.78, 5) is 4.63. The fraction of sp³-hybridized carbons (Fsp3) is 0.471. The Hall–Kier alpha value is -1.65. The first-order chi connectivity index (χ1) is 10.1. The molecule has 114 valence electrons. The smallest absolute Gasteiger partial charge is 0.132 e. The van der Waals surface area contributed by atoms with Crippen molar-refractivity contribution in [3.63, 3.8) is 0 Å². The topological polar surface area (TPSA) is 54.4 Å². The highest BCUT2D eigenvalue weighted by Gasteiger charge is 2.18. The molecule has 0 saturated heterocycles. The Morgan fingerprint density at radius 3 is 2.76 bits per heavy atom. The maximum Gasteiger partial charge on any atom is 0.132 e. The zero-order chi connectivity index (χ0) is 15.3. The van der Waals surface area contributed by atoms with E-state index in [4.69, 9.17) is 4.74 Å². The first-order valence-electron chi connectivity index (χ1n) is 7.28. The highest BCUT2D eigenvalue weighted by Crippen LogP contribution is 2.24. The van der Waals surface area contributed by atoms with Gasteiger partial charge in [0.2, 0.25) is 0 Å². The maximum absolute atomic E-state index is 9.55. The fourth-order valence-electron chi connectivity index (χ4n) is 2.22. The largest absolute Gasteiger partial charge is 0.392 e.